The molecule has 6 aromatic carbocycles. The van der Waals surface area contributed by atoms with E-state index < -0.39 is 0 Å². The van der Waals surface area contributed by atoms with Gasteiger partial charge in [-0.05, 0) is 111 Å². The first-order valence-electron chi connectivity index (χ1n) is 17.7. The summed E-state index contributed by atoms with van der Waals surface area (Å²) in [5.74, 6) is 0. The Morgan fingerprint density at radius 3 is 1.69 bits per heavy atom. The van der Waals surface area contributed by atoms with Crippen LogP contribution in [-0.4, -0.2) is 9.97 Å². The van der Waals surface area contributed by atoms with E-state index in [1.54, 1.807) is 0 Å². The van der Waals surface area contributed by atoms with Crippen molar-refractivity contribution in [1.29, 1.82) is 0 Å². The van der Waals surface area contributed by atoms with Crippen LogP contribution in [0.3, 0.4) is 0 Å². The summed E-state index contributed by atoms with van der Waals surface area (Å²) in [5.41, 5.74) is 17.1. The van der Waals surface area contributed by atoms with Gasteiger partial charge in [0.2, 0.25) is 0 Å². The van der Waals surface area contributed by atoms with Crippen LogP contribution in [0.4, 0.5) is 5.69 Å². The van der Waals surface area contributed by atoms with Crippen LogP contribution in [-0.2, 0) is 13.1 Å². The standard InChI is InChI=1S/C48H33N3O/c1-2-11-41(12-3-1)51-30-36-19-17-32(38-23-39(34-9-7-21-49-28-34)25-40(24-38)35-10-8-22-50-29-35)26-45(36)46-27-33(18-20-37(46)31-51)42-14-6-15-44-43-13-4-5-16-47(43)52-48(42)44/h1-29H,30-31H2. The molecule has 0 unspecified atom stereocenters. The highest BCUT2D eigenvalue weighted by atomic mass is 16.3. The molecule has 0 amide bonds. The number of anilines is 1. The molecule has 246 valence electrons. The highest BCUT2D eigenvalue weighted by Gasteiger charge is 2.22. The molecule has 4 nitrogen and oxygen atoms in total. The van der Waals surface area contributed by atoms with Crippen molar-refractivity contribution in [3.05, 3.63) is 188 Å². The molecule has 52 heavy (non-hydrogen) atoms. The van der Waals surface area contributed by atoms with Gasteiger partial charge in [0.05, 0.1) is 0 Å². The first-order valence-corrected chi connectivity index (χ1v) is 17.7. The van der Waals surface area contributed by atoms with Crippen LogP contribution in [0.15, 0.2) is 181 Å². The highest BCUT2D eigenvalue weighted by Crippen LogP contribution is 2.42. The maximum atomic E-state index is 6.51. The van der Waals surface area contributed by atoms with E-state index in [-0.39, 0.29) is 0 Å². The van der Waals surface area contributed by atoms with Crippen molar-refractivity contribution in [2.75, 3.05) is 4.90 Å². The normalized spacial score (nSPS) is 12.4. The maximum absolute atomic E-state index is 6.51. The van der Waals surface area contributed by atoms with Gasteiger partial charge in [-0.2, -0.15) is 0 Å². The summed E-state index contributed by atoms with van der Waals surface area (Å²) < 4.78 is 6.51. The Morgan fingerprint density at radius 1 is 0.423 bits per heavy atom. The van der Waals surface area contributed by atoms with Crippen molar-refractivity contribution in [2.45, 2.75) is 13.1 Å². The second-order valence-electron chi connectivity index (χ2n) is 13.5. The minimum absolute atomic E-state index is 0.805. The van der Waals surface area contributed by atoms with Gasteiger partial charge in [0, 0.05) is 71.0 Å². The van der Waals surface area contributed by atoms with Gasteiger partial charge in [-0.15, -0.1) is 0 Å². The Balaban J connectivity index is 1.16. The summed E-state index contributed by atoms with van der Waals surface area (Å²) in [4.78, 5) is 11.3. The smallest absolute Gasteiger partial charge is 0.143 e. The minimum atomic E-state index is 0.805. The first kappa shape index (κ1) is 30.1. The Hall–Kier alpha value is -6.78. The number of aromatic nitrogens is 2. The number of para-hydroxylation sites is 3. The van der Waals surface area contributed by atoms with Crippen LogP contribution >= 0.6 is 0 Å². The Bertz CT molecular complexity index is 2680. The second-order valence-corrected chi connectivity index (χ2v) is 13.5. The summed E-state index contributed by atoms with van der Waals surface area (Å²) in [5, 5.41) is 2.28. The Morgan fingerprint density at radius 2 is 1.02 bits per heavy atom. The lowest BCUT2D eigenvalue weighted by Crippen LogP contribution is -2.20. The topological polar surface area (TPSA) is 42.2 Å². The van der Waals surface area contributed by atoms with E-state index in [4.69, 9.17) is 4.42 Å². The lowest BCUT2D eigenvalue weighted by molar-refractivity contribution is 0.670. The van der Waals surface area contributed by atoms with Crippen LogP contribution in [0, 0.1) is 0 Å². The molecule has 9 aromatic rings. The summed E-state index contributed by atoms with van der Waals surface area (Å²) in [6.07, 6.45) is 7.51. The van der Waals surface area contributed by atoms with Crippen LogP contribution in [0.1, 0.15) is 11.1 Å². The van der Waals surface area contributed by atoms with Crippen LogP contribution in [0.25, 0.3) is 77.6 Å². The number of pyridine rings is 2. The zero-order valence-corrected chi connectivity index (χ0v) is 28.4. The zero-order valence-electron chi connectivity index (χ0n) is 28.4. The van der Waals surface area contributed by atoms with Crippen molar-refractivity contribution >= 4 is 27.6 Å². The largest absolute Gasteiger partial charge is 0.455 e. The molecule has 3 aromatic heterocycles. The monoisotopic (exact) mass is 667 g/mol. The van der Waals surface area contributed by atoms with E-state index in [0.29, 0.717) is 0 Å². The summed E-state index contributed by atoms with van der Waals surface area (Å²) >= 11 is 0. The molecule has 10 rings (SSSR count). The fourth-order valence-corrected chi connectivity index (χ4v) is 7.73. The number of rotatable bonds is 5. The fraction of sp³-hybridized carbons (Fsp3) is 0.0417. The third-order valence-electron chi connectivity index (χ3n) is 10.3. The van der Waals surface area contributed by atoms with E-state index >= 15 is 0 Å². The van der Waals surface area contributed by atoms with Gasteiger partial charge >= 0.3 is 0 Å². The second kappa shape index (κ2) is 12.5. The average molecular weight is 668 g/mol. The van der Waals surface area contributed by atoms with Crippen molar-refractivity contribution in [1.82, 2.24) is 9.97 Å². The SMILES string of the molecule is c1ccc(N2Cc3ccc(-c4cc(-c5cccnc5)cc(-c5cccnc5)c4)cc3-c3cc(-c4cccc5c4oc4ccccc45)ccc3C2)cc1. The number of benzene rings is 6. The van der Waals surface area contributed by atoms with E-state index in [2.05, 4.69) is 148 Å². The van der Waals surface area contributed by atoms with Gasteiger partial charge < -0.3 is 9.32 Å². The van der Waals surface area contributed by atoms with Gasteiger partial charge in [-0.25, -0.2) is 0 Å². The quantitative estimate of drug-likeness (QED) is 0.183. The minimum Gasteiger partial charge on any atom is -0.455 e. The van der Waals surface area contributed by atoms with E-state index in [1.165, 1.54) is 33.5 Å². The van der Waals surface area contributed by atoms with E-state index in [9.17, 15) is 0 Å². The first-order chi connectivity index (χ1) is 25.7. The average Bonchev–Trinajstić information content (AvgIpc) is 3.52. The van der Waals surface area contributed by atoms with Gasteiger partial charge in [-0.1, -0.05) is 91.0 Å². The molecule has 0 fully saturated rings. The highest BCUT2D eigenvalue weighted by molar-refractivity contribution is 6.09. The molecule has 0 atom stereocenters. The summed E-state index contributed by atoms with van der Waals surface area (Å²) in [7, 11) is 0. The number of fused-ring (bicyclic) bond motifs is 6. The molecule has 0 aliphatic carbocycles. The molecule has 0 N–H and O–H groups in total. The number of hydrogen-bond donors (Lipinski definition) is 0. The van der Waals surface area contributed by atoms with Crippen molar-refractivity contribution in [3.63, 3.8) is 0 Å². The maximum Gasteiger partial charge on any atom is 0.143 e. The number of hydrogen-bond acceptors (Lipinski definition) is 4. The Kier molecular flexibility index (Phi) is 7.24. The molecule has 1 aliphatic heterocycles. The molecule has 4 heterocycles. The molecule has 4 heteroatoms. The molecular formula is C48H33N3O. The molecule has 0 bridgehead atoms. The molecule has 0 saturated carbocycles. The molecule has 0 spiro atoms. The number of furan rings is 1. The molecule has 0 radical (unpaired) electrons. The van der Waals surface area contributed by atoms with Crippen molar-refractivity contribution in [3.8, 4) is 55.6 Å². The third kappa shape index (κ3) is 5.33. The lowest BCUT2D eigenvalue weighted by atomic mass is 9.89. The molecular weight excluding hydrogens is 635 g/mol. The Labute approximate surface area is 302 Å². The van der Waals surface area contributed by atoms with Gasteiger partial charge in [0.15, 0.2) is 0 Å². The zero-order chi connectivity index (χ0) is 34.4. The third-order valence-corrected chi connectivity index (χ3v) is 10.3. The lowest BCUT2D eigenvalue weighted by Gasteiger charge is -2.24. The summed E-state index contributed by atoms with van der Waals surface area (Å²) in [6, 6.07) is 54.5. The molecule has 0 saturated heterocycles. The van der Waals surface area contributed by atoms with Crippen LogP contribution < -0.4 is 4.90 Å². The predicted octanol–water partition coefficient (Wildman–Crippen LogP) is 12.2. The van der Waals surface area contributed by atoms with Crippen molar-refractivity contribution < 1.29 is 4.42 Å². The van der Waals surface area contributed by atoms with Crippen molar-refractivity contribution in [2.24, 2.45) is 0 Å². The fourth-order valence-electron chi connectivity index (χ4n) is 7.73. The van der Waals surface area contributed by atoms with Crippen LogP contribution in [0.2, 0.25) is 0 Å². The molecule has 1 aliphatic rings. The number of nitrogens with zero attached hydrogens (tertiary/aromatic N) is 3. The van der Waals surface area contributed by atoms with Gasteiger partial charge in [0.1, 0.15) is 11.2 Å². The van der Waals surface area contributed by atoms with Gasteiger partial charge in [-0.3, -0.25) is 9.97 Å². The van der Waals surface area contributed by atoms with Gasteiger partial charge in [0.25, 0.3) is 0 Å². The predicted molar refractivity (Wildman–Crippen MR) is 213 cm³/mol. The van der Waals surface area contributed by atoms with Crippen LogP contribution in [0.5, 0.6) is 0 Å². The van der Waals surface area contributed by atoms with E-state index in [1.807, 2.05) is 43.0 Å². The summed E-state index contributed by atoms with van der Waals surface area (Å²) in [6.45, 7) is 1.61. The van der Waals surface area contributed by atoms with E-state index in [0.717, 1.165) is 74.0 Å².